The molecule has 0 saturated carbocycles. The Balaban J connectivity index is 1.93. The third-order valence-corrected chi connectivity index (χ3v) is 3.51. The van der Waals surface area contributed by atoms with Gasteiger partial charge in [0, 0.05) is 24.9 Å². The van der Waals surface area contributed by atoms with Gasteiger partial charge >= 0.3 is 0 Å². The van der Waals surface area contributed by atoms with Crippen LogP contribution in [0.3, 0.4) is 0 Å². The van der Waals surface area contributed by atoms with E-state index in [1.165, 1.54) is 25.1 Å². The summed E-state index contributed by atoms with van der Waals surface area (Å²) in [5, 5.41) is 8.91. The molecule has 1 aromatic rings. The van der Waals surface area contributed by atoms with E-state index < -0.39 is 0 Å². The number of hydrogen-bond donors (Lipinski definition) is 1. The van der Waals surface area contributed by atoms with Crippen LogP contribution in [0.5, 0.6) is 0 Å². The van der Waals surface area contributed by atoms with Gasteiger partial charge in [-0.1, -0.05) is 6.07 Å². The molecule has 1 N–H and O–H groups in total. The zero-order valence-electron chi connectivity index (χ0n) is 10.6. The maximum Gasteiger partial charge on any atom is 0.0547 e. The molecule has 3 heteroatoms. The van der Waals surface area contributed by atoms with Crippen molar-refractivity contribution in [1.82, 2.24) is 9.88 Å². The molecule has 2 heterocycles. The van der Waals surface area contributed by atoms with Crippen LogP contribution in [-0.2, 0) is 6.54 Å². The quantitative estimate of drug-likeness (QED) is 0.848. The normalized spacial score (nSPS) is 20.9. The van der Waals surface area contributed by atoms with Crippen LogP contribution in [0.1, 0.15) is 37.1 Å². The van der Waals surface area contributed by atoms with Crippen LogP contribution in [-0.4, -0.2) is 34.2 Å². The molecular formula is C14H22N2O. The van der Waals surface area contributed by atoms with Crippen molar-refractivity contribution in [1.29, 1.82) is 0 Å². The maximum atomic E-state index is 8.91. The van der Waals surface area contributed by atoms with E-state index in [-0.39, 0.29) is 0 Å². The van der Waals surface area contributed by atoms with Crippen LogP contribution in [0.2, 0.25) is 0 Å². The number of aliphatic hydroxyl groups is 1. The third-order valence-electron chi connectivity index (χ3n) is 3.51. The van der Waals surface area contributed by atoms with Crippen molar-refractivity contribution < 1.29 is 5.11 Å². The number of nitrogens with zero attached hydrogens (tertiary/aromatic N) is 2. The van der Waals surface area contributed by atoms with E-state index >= 15 is 0 Å². The van der Waals surface area contributed by atoms with Gasteiger partial charge in [-0.05, 0) is 51.3 Å². The lowest BCUT2D eigenvalue weighted by Gasteiger charge is -2.23. The second-order valence-corrected chi connectivity index (χ2v) is 4.90. The largest absolute Gasteiger partial charge is 0.396 e. The maximum absolute atomic E-state index is 8.91. The summed E-state index contributed by atoms with van der Waals surface area (Å²) in [6.45, 7) is 4.48. The molecule has 3 nitrogen and oxygen atoms in total. The summed E-state index contributed by atoms with van der Waals surface area (Å²) in [7, 11) is 0. The smallest absolute Gasteiger partial charge is 0.0547 e. The Bertz CT molecular complexity index is 354. The zero-order chi connectivity index (χ0) is 12.1. The molecule has 1 aliphatic heterocycles. The molecule has 1 fully saturated rings. The minimum absolute atomic E-state index is 0.313. The fourth-order valence-electron chi connectivity index (χ4n) is 2.65. The Kier molecular flexibility index (Phi) is 4.51. The fraction of sp³-hybridized carbons (Fsp3) is 0.643. The minimum Gasteiger partial charge on any atom is -0.396 e. The van der Waals surface area contributed by atoms with Gasteiger partial charge < -0.3 is 5.11 Å². The van der Waals surface area contributed by atoms with Crippen LogP contribution in [0.15, 0.2) is 18.2 Å². The second-order valence-electron chi connectivity index (χ2n) is 4.90. The first kappa shape index (κ1) is 12.5. The Morgan fingerprint density at radius 1 is 1.47 bits per heavy atom. The molecule has 0 spiro atoms. The number of rotatable bonds is 5. The fourth-order valence-corrected chi connectivity index (χ4v) is 2.65. The lowest BCUT2D eigenvalue weighted by molar-refractivity contribution is 0.208. The highest BCUT2D eigenvalue weighted by Gasteiger charge is 2.23. The van der Waals surface area contributed by atoms with Gasteiger partial charge in [0.15, 0.2) is 0 Å². The van der Waals surface area contributed by atoms with Gasteiger partial charge in [0.1, 0.15) is 0 Å². The third kappa shape index (κ3) is 3.51. The lowest BCUT2D eigenvalue weighted by Crippen LogP contribution is -2.29. The van der Waals surface area contributed by atoms with E-state index in [4.69, 9.17) is 5.11 Å². The highest BCUT2D eigenvalue weighted by molar-refractivity contribution is 5.10. The molecule has 1 aromatic heterocycles. The summed E-state index contributed by atoms with van der Waals surface area (Å²) in [5.74, 6) is 0. The highest BCUT2D eigenvalue weighted by Crippen LogP contribution is 2.22. The number of hydrogen-bond acceptors (Lipinski definition) is 3. The van der Waals surface area contributed by atoms with Crippen molar-refractivity contribution in [3.63, 3.8) is 0 Å². The van der Waals surface area contributed by atoms with Gasteiger partial charge in [-0.3, -0.25) is 9.88 Å². The summed E-state index contributed by atoms with van der Waals surface area (Å²) in [6.07, 6.45) is 4.58. The van der Waals surface area contributed by atoms with E-state index in [0.717, 1.165) is 25.1 Å². The van der Waals surface area contributed by atoms with Crippen LogP contribution >= 0.6 is 0 Å². The van der Waals surface area contributed by atoms with Crippen molar-refractivity contribution >= 4 is 0 Å². The zero-order valence-corrected chi connectivity index (χ0v) is 10.6. The van der Waals surface area contributed by atoms with E-state index in [9.17, 15) is 0 Å². The molecule has 0 bridgehead atoms. The van der Waals surface area contributed by atoms with Crippen LogP contribution < -0.4 is 0 Å². The van der Waals surface area contributed by atoms with Gasteiger partial charge in [0.05, 0.1) is 5.69 Å². The molecule has 1 atom stereocenters. The SMILES string of the molecule is Cc1cccc(CN2CCCC2CCCO)n1. The first-order chi connectivity index (χ1) is 8.29. The Morgan fingerprint density at radius 3 is 3.12 bits per heavy atom. The number of aliphatic hydroxyl groups excluding tert-OH is 1. The Morgan fingerprint density at radius 2 is 2.35 bits per heavy atom. The predicted molar refractivity (Wildman–Crippen MR) is 68.7 cm³/mol. The number of pyridine rings is 1. The van der Waals surface area contributed by atoms with E-state index in [2.05, 4.69) is 22.0 Å². The molecule has 17 heavy (non-hydrogen) atoms. The summed E-state index contributed by atoms with van der Waals surface area (Å²) in [5.41, 5.74) is 2.26. The number of aromatic nitrogens is 1. The average molecular weight is 234 g/mol. The molecule has 1 aliphatic rings. The lowest BCUT2D eigenvalue weighted by atomic mass is 10.1. The van der Waals surface area contributed by atoms with Gasteiger partial charge in [-0.25, -0.2) is 0 Å². The minimum atomic E-state index is 0.313. The van der Waals surface area contributed by atoms with Gasteiger partial charge in [0.25, 0.3) is 0 Å². The molecule has 94 valence electrons. The van der Waals surface area contributed by atoms with Crippen LogP contribution in [0.25, 0.3) is 0 Å². The Labute approximate surface area is 103 Å². The summed E-state index contributed by atoms with van der Waals surface area (Å²) >= 11 is 0. The molecule has 0 radical (unpaired) electrons. The average Bonchev–Trinajstić information content (AvgIpc) is 2.74. The molecular weight excluding hydrogens is 212 g/mol. The molecule has 0 aliphatic carbocycles. The van der Waals surface area contributed by atoms with Crippen molar-refractivity contribution in [2.24, 2.45) is 0 Å². The predicted octanol–water partition coefficient (Wildman–Crippen LogP) is 2.13. The van der Waals surface area contributed by atoms with Gasteiger partial charge in [-0.2, -0.15) is 0 Å². The molecule has 2 rings (SSSR count). The van der Waals surface area contributed by atoms with E-state index in [1.807, 2.05) is 13.0 Å². The van der Waals surface area contributed by atoms with Crippen LogP contribution in [0, 0.1) is 6.92 Å². The Hall–Kier alpha value is -0.930. The van der Waals surface area contributed by atoms with Crippen molar-refractivity contribution in [3.8, 4) is 0 Å². The summed E-state index contributed by atoms with van der Waals surface area (Å²) < 4.78 is 0. The standard InChI is InChI=1S/C14H22N2O/c1-12-5-2-6-13(15-12)11-16-9-3-7-14(16)8-4-10-17/h2,5-6,14,17H,3-4,7-11H2,1H3. The number of likely N-dealkylation sites (tertiary alicyclic amines) is 1. The first-order valence-corrected chi connectivity index (χ1v) is 6.57. The number of aryl methyl sites for hydroxylation is 1. The van der Waals surface area contributed by atoms with Crippen molar-refractivity contribution in [2.75, 3.05) is 13.2 Å². The summed E-state index contributed by atoms with van der Waals surface area (Å²) in [6, 6.07) is 6.87. The van der Waals surface area contributed by atoms with Crippen molar-refractivity contribution in [2.45, 2.75) is 45.2 Å². The molecule has 0 aromatic carbocycles. The topological polar surface area (TPSA) is 36.4 Å². The molecule has 1 unspecified atom stereocenters. The summed E-state index contributed by atoms with van der Waals surface area (Å²) in [4.78, 5) is 7.07. The van der Waals surface area contributed by atoms with Crippen molar-refractivity contribution in [3.05, 3.63) is 29.6 Å². The van der Waals surface area contributed by atoms with Gasteiger partial charge in [-0.15, -0.1) is 0 Å². The van der Waals surface area contributed by atoms with Crippen LogP contribution in [0.4, 0.5) is 0 Å². The first-order valence-electron chi connectivity index (χ1n) is 6.57. The van der Waals surface area contributed by atoms with E-state index in [0.29, 0.717) is 12.6 Å². The molecule has 0 amide bonds. The highest BCUT2D eigenvalue weighted by atomic mass is 16.2. The van der Waals surface area contributed by atoms with Gasteiger partial charge in [0.2, 0.25) is 0 Å². The molecule has 1 saturated heterocycles. The second kappa shape index (κ2) is 6.12. The van der Waals surface area contributed by atoms with E-state index in [1.54, 1.807) is 0 Å². The monoisotopic (exact) mass is 234 g/mol.